The van der Waals surface area contributed by atoms with Crippen LogP contribution in [-0.2, 0) is 9.53 Å². The zero-order valence-electron chi connectivity index (χ0n) is 19.5. The molecule has 0 heterocycles. The van der Waals surface area contributed by atoms with E-state index in [1.807, 2.05) is 115 Å². The monoisotopic (exact) mass is 482 g/mol. The van der Waals surface area contributed by atoms with Crippen LogP contribution in [0.3, 0.4) is 0 Å². The molecular weight excluding hydrogens is 456 g/mol. The lowest BCUT2D eigenvalue weighted by molar-refractivity contribution is -0.145. The number of nitrogens with one attached hydrogen (secondary N) is 1. The van der Waals surface area contributed by atoms with Crippen molar-refractivity contribution in [1.82, 2.24) is 0 Å². The fraction of sp³-hybridized carbons (Fsp3) is 0.133. The summed E-state index contributed by atoms with van der Waals surface area (Å²) in [5.41, 5.74) is 4.13. The van der Waals surface area contributed by atoms with Gasteiger partial charge in [0.25, 0.3) is 0 Å². The quantitative estimate of drug-likeness (QED) is 0.207. The third-order valence-corrected chi connectivity index (χ3v) is 5.89. The molecule has 35 heavy (non-hydrogen) atoms. The Labute approximate surface area is 211 Å². The largest absolute Gasteiger partial charge is 0.464 e. The van der Waals surface area contributed by atoms with Gasteiger partial charge >= 0.3 is 5.97 Å². The Bertz CT molecular complexity index is 1220. The van der Waals surface area contributed by atoms with Crippen LogP contribution in [0, 0.1) is 0 Å². The Morgan fingerprint density at radius 1 is 0.800 bits per heavy atom. The van der Waals surface area contributed by atoms with Gasteiger partial charge in [0.1, 0.15) is 0 Å². The average Bonchev–Trinajstić information content (AvgIpc) is 2.90. The maximum atomic E-state index is 13.4. The fourth-order valence-electron chi connectivity index (χ4n) is 3.91. The van der Waals surface area contributed by atoms with Crippen LogP contribution in [0.15, 0.2) is 120 Å². The van der Waals surface area contributed by atoms with Gasteiger partial charge in [0.05, 0.1) is 18.4 Å². The lowest BCUT2D eigenvalue weighted by atomic mass is 9.96. The Morgan fingerprint density at radius 3 is 1.86 bits per heavy atom. The van der Waals surface area contributed by atoms with Crippen LogP contribution >= 0.6 is 11.6 Å². The molecule has 0 saturated carbocycles. The maximum Gasteiger partial charge on any atom is 0.333 e. The summed E-state index contributed by atoms with van der Waals surface area (Å²) in [6.07, 6.45) is 0. The van der Waals surface area contributed by atoms with Crippen molar-refractivity contribution in [3.8, 4) is 0 Å². The first-order valence-electron chi connectivity index (χ1n) is 11.6. The number of carbonyl (C=O) groups is 1. The summed E-state index contributed by atoms with van der Waals surface area (Å²) in [5, 5.41) is 4.04. The van der Waals surface area contributed by atoms with Crippen molar-refractivity contribution < 1.29 is 9.53 Å². The summed E-state index contributed by atoms with van der Waals surface area (Å²) in [5.74, 6) is -0.426. The molecule has 0 fully saturated rings. The zero-order valence-corrected chi connectivity index (χ0v) is 20.2. The Kier molecular flexibility index (Phi) is 8.31. The second kappa shape index (κ2) is 12.0. The minimum Gasteiger partial charge on any atom is -0.464 e. The van der Waals surface area contributed by atoms with E-state index in [4.69, 9.17) is 21.3 Å². The molecule has 5 heteroatoms. The zero-order chi connectivity index (χ0) is 24.5. The summed E-state index contributed by atoms with van der Waals surface area (Å²) < 4.78 is 5.53. The first-order valence-corrected chi connectivity index (χ1v) is 12.0. The molecule has 0 amide bonds. The summed E-state index contributed by atoms with van der Waals surface area (Å²) in [7, 11) is 0. The number of halogens is 1. The van der Waals surface area contributed by atoms with Crippen molar-refractivity contribution in [1.29, 1.82) is 0 Å². The van der Waals surface area contributed by atoms with E-state index in [9.17, 15) is 4.79 Å². The number of anilines is 1. The first-order chi connectivity index (χ1) is 17.2. The number of rotatable bonds is 9. The van der Waals surface area contributed by atoms with Gasteiger partial charge in [0.2, 0.25) is 0 Å². The number of aliphatic imine (C=N–C) groups is 1. The van der Waals surface area contributed by atoms with Gasteiger partial charge < -0.3 is 10.1 Å². The average molecular weight is 483 g/mol. The number of esters is 1. The van der Waals surface area contributed by atoms with Gasteiger partial charge in [-0.25, -0.2) is 4.79 Å². The van der Waals surface area contributed by atoms with Crippen molar-refractivity contribution in [2.45, 2.75) is 19.0 Å². The molecule has 4 aromatic rings. The van der Waals surface area contributed by atoms with Crippen LogP contribution in [0.1, 0.15) is 29.7 Å². The van der Waals surface area contributed by atoms with Gasteiger partial charge in [-0.3, -0.25) is 4.99 Å². The molecule has 2 atom stereocenters. The number of benzene rings is 4. The number of hydrogen-bond donors (Lipinski definition) is 1. The Hall–Kier alpha value is -3.89. The molecule has 4 nitrogen and oxygen atoms in total. The molecule has 2 unspecified atom stereocenters. The van der Waals surface area contributed by atoms with Crippen molar-refractivity contribution in [3.63, 3.8) is 0 Å². The van der Waals surface area contributed by atoms with Crippen LogP contribution < -0.4 is 5.32 Å². The van der Waals surface area contributed by atoms with Gasteiger partial charge in [-0.05, 0) is 30.7 Å². The Balaban J connectivity index is 1.90. The Morgan fingerprint density at radius 2 is 1.31 bits per heavy atom. The van der Waals surface area contributed by atoms with E-state index >= 15 is 0 Å². The minimum absolute atomic E-state index is 0.247. The highest BCUT2D eigenvalue weighted by Crippen LogP contribution is 2.31. The van der Waals surface area contributed by atoms with Crippen LogP contribution in [0.5, 0.6) is 0 Å². The standard InChI is InChI=1S/C30H27ClN2O2/c1-2-35-30(34)29(33-27(22-14-6-3-7-15-22)23-16-8-4-9-17-23)28(25-20-12-13-21-26(25)31)32-24-18-10-5-11-19-24/h3-21,28-29,32H,2H2,1H3. The molecule has 0 spiro atoms. The summed E-state index contributed by atoms with van der Waals surface area (Å²) in [4.78, 5) is 18.5. The van der Waals surface area contributed by atoms with Crippen LogP contribution in [0.4, 0.5) is 5.69 Å². The van der Waals surface area contributed by atoms with Crippen LogP contribution in [-0.4, -0.2) is 24.3 Å². The molecule has 4 rings (SSSR count). The van der Waals surface area contributed by atoms with Crippen molar-refractivity contribution in [2.75, 3.05) is 11.9 Å². The van der Waals surface area contributed by atoms with E-state index in [0.29, 0.717) is 10.7 Å². The second-order valence-electron chi connectivity index (χ2n) is 7.92. The number of ether oxygens (including phenoxy) is 1. The molecule has 4 aromatic carbocycles. The third kappa shape index (κ3) is 6.17. The molecule has 176 valence electrons. The smallest absolute Gasteiger partial charge is 0.333 e. The molecule has 0 saturated heterocycles. The van der Waals surface area contributed by atoms with Gasteiger partial charge in [-0.1, -0.05) is 109 Å². The number of nitrogens with zero attached hydrogens (tertiary/aromatic N) is 1. The van der Waals surface area contributed by atoms with Gasteiger partial charge in [0, 0.05) is 21.8 Å². The topological polar surface area (TPSA) is 50.7 Å². The highest BCUT2D eigenvalue weighted by Gasteiger charge is 2.33. The van der Waals surface area contributed by atoms with E-state index in [0.717, 1.165) is 22.4 Å². The molecule has 0 aromatic heterocycles. The molecule has 1 N–H and O–H groups in total. The van der Waals surface area contributed by atoms with E-state index in [-0.39, 0.29) is 6.61 Å². The van der Waals surface area contributed by atoms with Crippen molar-refractivity contribution in [3.05, 3.63) is 137 Å². The molecule has 0 bridgehead atoms. The lowest BCUT2D eigenvalue weighted by Gasteiger charge is -2.27. The predicted octanol–water partition coefficient (Wildman–Crippen LogP) is 6.96. The third-order valence-electron chi connectivity index (χ3n) is 5.54. The molecule has 0 aliphatic carbocycles. The first kappa shape index (κ1) is 24.2. The predicted molar refractivity (Wildman–Crippen MR) is 143 cm³/mol. The van der Waals surface area contributed by atoms with Gasteiger partial charge in [-0.15, -0.1) is 0 Å². The minimum atomic E-state index is -0.898. The van der Waals surface area contributed by atoms with E-state index < -0.39 is 18.1 Å². The highest BCUT2D eigenvalue weighted by molar-refractivity contribution is 6.31. The van der Waals surface area contributed by atoms with Gasteiger partial charge in [0.15, 0.2) is 6.04 Å². The normalized spacial score (nSPS) is 12.3. The van der Waals surface area contributed by atoms with Crippen molar-refractivity contribution >= 4 is 29.0 Å². The highest BCUT2D eigenvalue weighted by atomic mass is 35.5. The summed E-state index contributed by atoms with van der Waals surface area (Å²) >= 11 is 6.64. The number of carbonyl (C=O) groups excluding carboxylic acids is 1. The van der Waals surface area contributed by atoms with Crippen molar-refractivity contribution in [2.24, 2.45) is 4.99 Å². The second-order valence-corrected chi connectivity index (χ2v) is 8.32. The van der Waals surface area contributed by atoms with Crippen LogP contribution in [0.2, 0.25) is 5.02 Å². The van der Waals surface area contributed by atoms with Crippen LogP contribution in [0.25, 0.3) is 0 Å². The number of para-hydroxylation sites is 1. The molecular formula is C30H27ClN2O2. The molecule has 0 aliphatic rings. The number of hydrogen-bond acceptors (Lipinski definition) is 4. The molecule has 0 aliphatic heterocycles. The summed E-state index contributed by atoms with van der Waals surface area (Å²) in [6.45, 7) is 2.04. The van der Waals surface area contributed by atoms with Gasteiger partial charge in [-0.2, -0.15) is 0 Å². The SMILES string of the molecule is CCOC(=O)C(N=C(c1ccccc1)c1ccccc1)C(Nc1ccccc1)c1ccccc1Cl. The van der Waals surface area contributed by atoms with E-state index in [2.05, 4.69) is 5.32 Å². The molecule has 0 radical (unpaired) electrons. The summed E-state index contributed by atoms with van der Waals surface area (Å²) in [6, 6.07) is 35.5. The maximum absolute atomic E-state index is 13.4. The lowest BCUT2D eigenvalue weighted by Crippen LogP contribution is -2.34. The van der Waals surface area contributed by atoms with E-state index in [1.54, 1.807) is 6.92 Å². The van der Waals surface area contributed by atoms with E-state index in [1.165, 1.54) is 0 Å². The fourth-order valence-corrected chi connectivity index (χ4v) is 4.16.